The van der Waals surface area contributed by atoms with Crippen molar-refractivity contribution in [3.63, 3.8) is 0 Å². The van der Waals surface area contributed by atoms with Crippen LogP contribution in [0.25, 0.3) is 0 Å². The number of nitrogens with zero attached hydrogens (tertiary/aromatic N) is 3. The van der Waals surface area contributed by atoms with E-state index < -0.39 is 17.9 Å². The lowest BCUT2D eigenvalue weighted by atomic mass is 10.1. The van der Waals surface area contributed by atoms with Crippen LogP contribution in [0, 0.1) is 5.82 Å². The van der Waals surface area contributed by atoms with Gasteiger partial charge in [-0.05, 0) is 6.07 Å². The first-order valence-corrected chi connectivity index (χ1v) is 7.42. The van der Waals surface area contributed by atoms with Crippen molar-refractivity contribution in [2.75, 3.05) is 31.1 Å². The van der Waals surface area contributed by atoms with E-state index in [0.29, 0.717) is 31.9 Å². The van der Waals surface area contributed by atoms with Crippen molar-refractivity contribution in [3.05, 3.63) is 29.6 Å². The summed E-state index contributed by atoms with van der Waals surface area (Å²) >= 11 is 0. The highest BCUT2D eigenvalue weighted by atomic mass is 19.1. The molecular weight excluding hydrogens is 317 g/mol. The number of hydrogen-bond donors (Lipinski definition) is 2. The van der Waals surface area contributed by atoms with Crippen LogP contribution in [-0.4, -0.2) is 49.0 Å². The quantitative estimate of drug-likeness (QED) is 0.610. The SMILES string of the molecule is CC(=O)N1CCN(c2cccc(COC(=O)N=C(N)N)c2F)CC1. The Hall–Kier alpha value is -2.84. The van der Waals surface area contributed by atoms with E-state index in [9.17, 15) is 14.0 Å². The molecule has 0 bridgehead atoms. The molecule has 9 heteroatoms. The van der Waals surface area contributed by atoms with Gasteiger partial charge in [0.2, 0.25) is 5.91 Å². The van der Waals surface area contributed by atoms with Gasteiger partial charge in [-0.1, -0.05) is 12.1 Å². The normalized spacial score (nSPS) is 14.2. The van der Waals surface area contributed by atoms with E-state index in [1.54, 1.807) is 17.0 Å². The Labute approximate surface area is 138 Å². The van der Waals surface area contributed by atoms with Crippen molar-refractivity contribution in [2.24, 2.45) is 16.5 Å². The topological polar surface area (TPSA) is 114 Å². The van der Waals surface area contributed by atoms with E-state index in [-0.39, 0.29) is 18.1 Å². The number of carbonyl (C=O) groups excluding carboxylic acids is 2. The van der Waals surface area contributed by atoms with Gasteiger partial charge in [0, 0.05) is 38.7 Å². The molecule has 1 aromatic rings. The fraction of sp³-hybridized carbons (Fsp3) is 0.400. The van der Waals surface area contributed by atoms with Crippen LogP contribution in [0.1, 0.15) is 12.5 Å². The highest BCUT2D eigenvalue weighted by molar-refractivity contribution is 5.87. The molecule has 0 spiro atoms. The number of anilines is 1. The summed E-state index contributed by atoms with van der Waals surface area (Å²) in [5, 5.41) is 0. The minimum absolute atomic E-state index is 0.00974. The van der Waals surface area contributed by atoms with Crippen molar-refractivity contribution in [2.45, 2.75) is 13.5 Å². The average molecular weight is 337 g/mol. The molecule has 4 N–H and O–H groups in total. The highest BCUT2D eigenvalue weighted by Gasteiger charge is 2.22. The van der Waals surface area contributed by atoms with Crippen LogP contribution in [0.15, 0.2) is 23.2 Å². The van der Waals surface area contributed by atoms with Crippen LogP contribution in [0.5, 0.6) is 0 Å². The summed E-state index contributed by atoms with van der Waals surface area (Å²) in [6, 6.07) is 4.85. The van der Waals surface area contributed by atoms with Crippen LogP contribution >= 0.6 is 0 Å². The first kappa shape index (κ1) is 17.5. The van der Waals surface area contributed by atoms with Gasteiger partial charge in [-0.15, -0.1) is 4.99 Å². The smallest absolute Gasteiger partial charge is 0.437 e. The molecule has 2 rings (SSSR count). The number of ether oxygens (including phenoxy) is 1. The van der Waals surface area contributed by atoms with E-state index in [2.05, 4.69) is 4.99 Å². The van der Waals surface area contributed by atoms with Crippen molar-refractivity contribution in [1.82, 2.24) is 4.90 Å². The van der Waals surface area contributed by atoms with Crippen molar-refractivity contribution in [3.8, 4) is 0 Å². The van der Waals surface area contributed by atoms with Gasteiger partial charge in [-0.3, -0.25) is 4.79 Å². The maximum Gasteiger partial charge on any atom is 0.437 e. The second-order valence-electron chi connectivity index (χ2n) is 5.33. The molecule has 0 unspecified atom stereocenters. The maximum atomic E-state index is 14.6. The van der Waals surface area contributed by atoms with Gasteiger partial charge in [-0.25, -0.2) is 9.18 Å². The number of rotatable bonds is 3. The number of piperazine rings is 1. The second kappa shape index (κ2) is 7.62. The molecule has 0 radical (unpaired) electrons. The average Bonchev–Trinajstić information content (AvgIpc) is 2.53. The summed E-state index contributed by atoms with van der Waals surface area (Å²) in [6.07, 6.45) is -0.977. The fourth-order valence-corrected chi connectivity index (χ4v) is 2.46. The van der Waals surface area contributed by atoms with Gasteiger partial charge >= 0.3 is 6.09 Å². The van der Waals surface area contributed by atoms with E-state index >= 15 is 0 Å². The third-order valence-corrected chi connectivity index (χ3v) is 3.70. The Morgan fingerprint density at radius 2 is 1.92 bits per heavy atom. The molecule has 0 atom stereocenters. The molecule has 1 heterocycles. The van der Waals surface area contributed by atoms with Gasteiger partial charge in [0.05, 0.1) is 5.69 Å². The standard InChI is InChI=1S/C15H20FN5O3/c1-10(22)20-5-7-21(8-6-20)12-4-2-3-11(13(12)16)9-24-15(23)19-14(17)18/h2-4H,5-9H2,1H3,(H4,17,18,19,23). The lowest BCUT2D eigenvalue weighted by molar-refractivity contribution is -0.129. The summed E-state index contributed by atoms with van der Waals surface area (Å²) < 4.78 is 19.4. The molecule has 0 aromatic heterocycles. The number of guanidine groups is 1. The monoisotopic (exact) mass is 337 g/mol. The molecule has 1 fully saturated rings. The van der Waals surface area contributed by atoms with Gasteiger partial charge < -0.3 is 26.0 Å². The number of benzene rings is 1. The van der Waals surface area contributed by atoms with E-state index in [0.717, 1.165) is 0 Å². The Bertz CT molecular complexity index is 653. The summed E-state index contributed by atoms with van der Waals surface area (Å²) in [7, 11) is 0. The number of amides is 2. The van der Waals surface area contributed by atoms with Gasteiger partial charge in [0.1, 0.15) is 6.61 Å². The molecule has 1 aliphatic rings. The van der Waals surface area contributed by atoms with E-state index in [1.165, 1.54) is 13.0 Å². The number of halogens is 1. The van der Waals surface area contributed by atoms with Crippen LogP contribution in [0.3, 0.4) is 0 Å². The number of aliphatic imine (C=N–C) groups is 1. The fourth-order valence-electron chi connectivity index (χ4n) is 2.46. The van der Waals surface area contributed by atoms with Crippen molar-refractivity contribution >= 4 is 23.6 Å². The summed E-state index contributed by atoms with van der Waals surface area (Å²) in [5.74, 6) is -0.876. The summed E-state index contributed by atoms with van der Waals surface area (Å²) in [4.78, 5) is 29.4. The largest absolute Gasteiger partial charge is 0.443 e. The minimum atomic E-state index is -0.977. The van der Waals surface area contributed by atoms with Crippen LogP contribution in [-0.2, 0) is 16.1 Å². The molecule has 24 heavy (non-hydrogen) atoms. The van der Waals surface area contributed by atoms with E-state index in [1.807, 2.05) is 4.90 Å². The number of nitrogens with two attached hydrogens (primary N) is 2. The molecule has 8 nitrogen and oxygen atoms in total. The molecule has 0 aliphatic carbocycles. The van der Waals surface area contributed by atoms with Crippen molar-refractivity contribution in [1.29, 1.82) is 0 Å². The zero-order valence-electron chi connectivity index (χ0n) is 13.4. The molecule has 130 valence electrons. The Kier molecular flexibility index (Phi) is 5.56. The Morgan fingerprint density at radius 3 is 2.50 bits per heavy atom. The third-order valence-electron chi connectivity index (χ3n) is 3.70. The number of carbonyl (C=O) groups is 2. The van der Waals surface area contributed by atoms with Gasteiger partial charge in [0.15, 0.2) is 11.8 Å². The molecular formula is C15H20FN5O3. The summed E-state index contributed by atoms with van der Waals surface area (Å²) in [5.41, 5.74) is 10.8. The van der Waals surface area contributed by atoms with Crippen LogP contribution in [0.2, 0.25) is 0 Å². The Balaban J connectivity index is 2.04. The molecule has 1 aliphatic heterocycles. The lowest BCUT2D eigenvalue weighted by Gasteiger charge is -2.36. The van der Waals surface area contributed by atoms with Gasteiger partial charge in [0.25, 0.3) is 0 Å². The predicted octanol–water partition coefficient (Wildman–Crippen LogP) is 0.404. The molecule has 2 amide bonds. The lowest BCUT2D eigenvalue weighted by Crippen LogP contribution is -2.48. The first-order valence-electron chi connectivity index (χ1n) is 7.42. The molecule has 0 saturated carbocycles. The highest BCUT2D eigenvalue weighted by Crippen LogP contribution is 2.24. The van der Waals surface area contributed by atoms with Gasteiger partial charge in [-0.2, -0.15) is 0 Å². The predicted molar refractivity (Wildman–Crippen MR) is 86.9 cm³/mol. The second-order valence-corrected chi connectivity index (χ2v) is 5.33. The first-order chi connectivity index (χ1) is 11.4. The third kappa shape index (κ3) is 4.34. The summed E-state index contributed by atoms with van der Waals surface area (Å²) in [6.45, 7) is 3.39. The van der Waals surface area contributed by atoms with E-state index in [4.69, 9.17) is 16.2 Å². The zero-order chi connectivity index (χ0) is 17.7. The van der Waals surface area contributed by atoms with Crippen LogP contribution < -0.4 is 16.4 Å². The number of hydrogen-bond acceptors (Lipinski definition) is 4. The Morgan fingerprint density at radius 1 is 1.25 bits per heavy atom. The maximum absolute atomic E-state index is 14.6. The molecule has 1 aromatic carbocycles. The van der Waals surface area contributed by atoms with Crippen molar-refractivity contribution < 1.29 is 18.7 Å². The molecule has 1 saturated heterocycles. The zero-order valence-corrected chi connectivity index (χ0v) is 13.4. The van der Waals surface area contributed by atoms with Crippen LogP contribution in [0.4, 0.5) is 14.9 Å². The minimum Gasteiger partial charge on any atom is -0.443 e.